The zero-order valence-corrected chi connectivity index (χ0v) is 6.80. The Labute approximate surface area is 80.8 Å². The van der Waals surface area contributed by atoms with Crippen LogP contribution in [0.25, 0.3) is 0 Å². The number of nitrogens with one attached hydrogen (secondary N) is 1. The molecule has 1 heteroatoms. The third kappa shape index (κ3) is 1.20. The molecule has 1 atom stereocenters. The minimum atomic E-state index is -2.60. The predicted molar refractivity (Wildman–Crippen MR) is 52.6 cm³/mol. The van der Waals surface area contributed by atoms with Gasteiger partial charge in [-0.2, -0.15) is 0 Å². The van der Waals surface area contributed by atoms with Crippen LogP contribution >= 0.6 is 0 Å². The number of hydrogen-bond donors (Lipinski definition) is 1. The molecule has 1 aliphatic heterocycles. The molecule has 1 N–H and O–H groups in total. The van der Waals surface area contributed by atoms with Crippen molar-refractivity contribution in [1.29, 1.82) is 0 Å². The molecule has 1 aromatic rings. The Bertz CT molecular complexity index is 413. The Morgan fingerprint density at radius 3 is 3.50 bits per heavy atom. The van der Waals surface area contributed by atoms with Gasteiger partial charge in [0.05, 0.1) is 0 Å². The van der Waals surface area contributed by atoms with Crippen LogP contribution in [-0.4, -0.2) is 6.54 Å². The van der Waals surface area contributed by atoms with Gasteiger partial charge in [-0.25, -0.2) is 0 Å². The summed E-state index contributed by atoms with van der Waals surface area (Å²) in [7, 11) is 0. The van der Waals surface area contributed by atoms with Crippen LogP contribution in [0.5, 0.6) is 0 Å². The molecular formula is C11H15N. The average molecular weight is 166 g/mol. The molecule has 0 saturated heterocycles. The molecule has 0 aromatic heterocycles. The molecule has 0 spiro atoms. The number of para-hydroxylation sites is 1. The molecule has 1 aliphatic rings. The molecular weight excluding hydrogens is 146 g/mol. The minimum absolute atomic E-state index is 0.502. The monoisotopic (exact) mass is 166 g/mol. The van der Waals surface area contributed by atoms with E-state index in [1.807, 2.05) is 18.2 Å². The summed E-state index contributed by atoms with van der Waals surface area (Å²) in [5.41, 5.74) is 1.61. The molecule has 0 aliphatic carbocycles. The summed E-state index contributed by atoms with van der Waals surface area (Å²) in [4.78, 5) is 0. The van der Waals surface area contributed by atoms with Crippen LogP contribution in [0.15, 0.2) is 24.3 Å². The molecule has 0 saturated carbocycles. The van der Waals surface area contributed by atoms with Gasteiger partial charge in [0.15, 0.2) is 0 Å². The molecule has 1 unspecified atom stereocenters. The Morgan fingerprint density at radius 2 is 2.58 bits per heavy atom. The van der Waals surface area contributed by atoms with Gasteiger partial charge in [0.2, 0.25) is 0 Å². The van der Waals surface area contributed by atoms with Crippen LogP contribution < -0.4 is 5.32 Å². The van der Waals surface area contributed by atoms with E-state index in [0.717, 1.165) is 11.3 Å². The lowest BCUT2D eigenvalue weighted by molar-refractivity contribution is 0.608. The topological polar surface area (TPSA) is 12.0 Å². The van der Waals surface area contributed by atoms with E-state index in [4.69, 9.17) is 6.85 Å². The van der Waals surface area contributed by atoms with Gasteiger partial charge in [-0.05, 0) is 30.3 Å². The standard InChI is InChI=1S/C11H15N/c1-2-9-7-8-12-11-6-4-3-5-10(9)11/h3-6,9,12H,2,7-8H2,1H3/i1D3,2D2. The first-order chi connectivity index (χ1) is 7.84. The van der Waals surface area contributed by atoms with Crippen molar-refractivity contribution in [1.82, 2.24) is 0 Å². The molecule has 1 heterocycles. The molecule has 0 fully saturated rings. The highest BCUT2D eigenvalue weighted by Crippen LogP contribution is 2.32. The molecule has 0 bridgehead atoms. The summed E-state index contributed by atoms with van der Waals surface area (Å²) in [6.07, 6.45) is -1.69. The Balaban J connectivity index is 2.43. The first-order valence-electron chi connectivity index (χ1n) is 6.67. The van der Waals surface area contributed by atoms with E-state index in [1.165, 1.54) is 0 Å². The summed E-state index contributed by atoms with van der Waals surface area (Å²) in [5, 5.41) is 3.17. The largest absolute Gasteiger partial charge is 0.385 e. The smallest absolute Gasteiger partial charge is 0.0375 e. The van der Waals surface area contributed by atoms with Crippen molar-refractivity contribution < 1.29 is 6.85 Å². The van der Waals surface area contributed by atoms with Crippen molar-refractivity contribution in [3.05, 3.63) is 29.8 Å². The van der Waals surface area contributed by atoms with E-state index in [2.05, 4.69) is 5.32 Å². The van der Waals surface area contributed by atoms with Crippen molar-refractivity contribution in [2.45, 2.75) is 25.6 Å². The third-order valence-corrected chi connectivity index (χ3v) is 2.26. The summed E-state index contributed by atoms with van der Waals surface area (Å²) in [5.74, 6) is -0.576. The van der Waals surface area contributed by atoms with Crippen molar-refractivity contribution in [3.8, 4) is 0 Å². The first kappa shape index (κ1) is 3.82. The van der Waals surface area contributed by atoms with Crippen LogP contribution in [0.3, 0.4) is 0 Å². The van der Waals surface area contributed by atoms with Gasteiger partial charge in [-0.1, -0.05) is 25.1 Å². The lowest BCUT2D eigenvalue weighted by Crippen LogP contribution is -2.15. The highest BCUT2D eigenvalue weighted by molar-refractivity contribution is 5.54. The van der Waals surface area contributed by atoms with Crippen molar-refractivity contribution in [2.75, 3.05) is 11.9 Å². The van der Waals surface area contributed by atoms with Crippen molar-refractivity contribution >= 4 is 5.69 Å². The van der Waals surface area contributed by atoms with Crippen molar-refractivity contribution in [3.63, 3.8) is 0 Å². The number of hydrogen-bond acceptors (Lipinski definition) is 1. The number of anilines is 1. The van der Waals surface area contributed by atoms with Gasteiger partial charge >= 0.3 is 0 Å². The fourth-order valence-corrected chi connectivity index (χ4v) is 1.62. The minimum Gasteiger partial charge on any atom is -0.385 e. The third-order valence-electron chi connectivity index (χ3n) is 2.26. The maximum atomic E-state index is 7.88. The van der Waals surface area contributed by atoms with E-state index in [-0.39, 0.29) is 0 Å². The Morgan fingerprint density at radius 1 is 1.67 bits per heavy atom. The molecule has 1 aromatic carbocycles. The predicted octanol–water partition coefficient (Wildman–Crippen LogP) is 3.00. The zero-order chi connectivity index (χ0) is 12.7. The quantitative estimate of drug-likeness (QED) is 0.676. The molecule has 64 valence electrons. The second-order valence-electron chi connectivity index (χ2n) is 3.00. The average Bonchev–Trinajstić information content (AvgIpc) is 2.26. The second-order valence-corrected chi connectivity index (χ2v) is 3.00. The Hall–Kier alpha value is -0.980. The molecule has 12 heavy (non-hydrogen) atoms. The fourth-order valence-electron chi connectivity index (χ4n) is 1.62. The highest BCUT2D eigenvalue weighted by atomic mass is 14.9. The van der Waals surface area contributed by atoms with Gasteiger partial charge in [0.1, 0.15) is 0 Å². The van der Waals surface area contributed by atoms with Gasteiger partial charge in [-0.15, -0.1) is 0 Å². The first-order valence-corrected chi connectivity index (χ1v) is 4.17. The number of fused-ring (bicyclic) bond motifs is 1. The van der Waals surface area contributed by atoms with Gasteiger partial charge in [0, 0.05) is 19.1 Å². The molecule has 0 amide bonds. The van der Waals surface area contributed by atoms with E-state index < -0.39 is 19.1 Å². The van der Waals surface area contributed by atoms with Gasteiger partial charge in [0.25, 0.3) is 0 Å². The summed E-state index contributed by atoms with van der Waals surface area (Å²) in [6.45, 7) is -1.99. The van der Waals surface area contributed by atoms with Crippen LogP contribution in [0.4, 0.5) is 5.69 Å². The van der Waals surface area contributed by atoms with E-state index in [9.17, 15) is 0 Å². The maximum absolute atomic E-state index is 7.88. The fraction of sp³-hybridized carbons (Fsp3) is 0.455. The lowest BCUT2D eigenvalue weighted by atomic mass is 9.89. The SMILES string of the molecule is [2H]C([2H])([2H])C([2H])([2H])C1CCNc2ccccc21. The molecule has 1 nitrogen and oxygen atoms in total. The second kappa shape index (κ2) is 3.18. The summed E-state index contributed by atoms with van der Waals surface area (Å²) >= 11 is 0. The van der Waals surface area contributed by atoms with Gasteiger partial charge < -0.3 is 5.32 Å². The zero-order valence-electron chi connectivity index (χ0n) is 11.8. The van der Waals surface area contributed by atoms with E-state index in [0.29, 0.717) is 13.0 Å². The van der Waals surface area contributed by atoms with Crippen LogP contribution in [0.2, 0.25) is 0 Å². The van der Waals surface area contributed by atoms with Crippen LogP contribution in [0, 0.1) is 0 Å². The normalized spacial score (nSPS) is 29.7. The number of rotatable bonds is 1. The molecule has 2 rings (SSSR count). The highest BCUT2D eigenvalue weighted by Gasteiger charge is 2.16. The maximum Gasteiger partial charge on any atom is 0.0375 e. The lowest BCUT2D eigenvalue weighted by Gasteiger charge is -2.25. The van der Waals surface area contributed by atoms with E-state index >= 15 is 0 Å². The van der Waals surface area contributed by atoms with Crippen LogP contribution in [-0.2, 0) is 0 Å². The Kier molecular flexibility index (Phi) is 1.01. The number of benzene rings is 1. The van der Waals surface area contributed by atoms with E-state index in [1.54, 1.807) is 6.07 Å². The molecule has 0 radical (unpaired) electrons. The van der Waals surface area contributed by atoms with Crippen molar-refractivity contribution in [2.24, 2.45) is 0 Å². The summed E-state index contributed by atoms with van der Waals surface area (Å²) in [6, 6.07) is 7.33. The van der Waals surface area contributed by atoms with Gasteiger partial charge in [-0.3, -0.25) is 0 Å². The van der Waals surface area contributed by atoms with Crippen LogP contribution in [0.1, 0.15) is 38.0 Å². The summed E-state index contributed by atoms with van der Waals surface area (Å²) < 4.78 is 37.8.